The number of hydrogen-bond donors (Lipinski definition) is 1. The molecule has 0 aliphatic heterocycles. The summed E-state index contributed by atoms with van der Waals surface area (Å²) in [6.45, 7) is 2.07. The van der Waals surface area contributed by atoms with Crippen molar-refractivity contribution in [2.45, 2.75) is 18.2 Å². The minimum absolute atomic E-state index is 0.501. The molecule has 5 nitrogen and oxygen atoms in total. The molecule has 0 unspecified atom stereocenters. The number of fused-ring (bicyclic) bond motifs is 1. The van der Waals surface area contributed by atoms with E-state index in [1.807, 2.05) is 28.4 Å². The molecule has 0 aliphatic rings. The number of imidazole rings is 1. The Hall–Kier alpha value is -1.95. The molecule has 0 spiro atoms. The van der Waals surface area contributed by atoms with E-state index >= 15 is 0 Å². The SMILES string of the molecule is CCc1nn(C)c2c1nc(N)n2-c1cccc(SC)c1. The molecule has 3 aromatic rings. The number of aromatic nitrogens is 4. The number of rotatable bonds is 3. The Morgan fingerprint density at radius 2 is 2.15 bits per heavy atom. The molecule has 0 radical (unpaired) electrons. The monoisotopic (exact) mass is 287 g/mol. The third-order valence-electron chi connectivity index (χ3n) is 3.38. The number of anilines is 1. The van der Waals surface area contributed by atoms with Crippen molar-refractivity contribution in [1.29, 1.82) is 0 Å². The number of hydrogen-bond acceptors (Lipinski definition) is 4. The average Bonchev–Trinajstić information content (AvgIpc) is 2.95. The lowest BCUT2D eigenvalue weighted by Gasteiger charge is -2.08. The van der Waals surface area contributed by atoms with Crippen LogP contribution in [0.15, 0.2) is 29.2 Å². The average molecular weight is 287 g/mol. The minimum Gasteiger partial charge on any atom is -0.369 e. The van der Waals surface area contributed by atoms with Gasteiger partial charge >= 0.3 is 0 Å². The normalized spacial score (nSPS) is 11.3. The first-order chi connectivity index (χ1) is 9.65. The number of thioether (sulfide) groups is 1. The van der Waals surface area contributed by atoms with Gasteiger partial charge in [0.15, 0.2) is 5.65 Å². The van der Waals surface area contributed by atoms with Gasteiger partial charge in [-0.15, -0.1) is 11.8 Å². The molecule has 0 saturated heterocycles. The lowest BCUT2D eigenvalue weighted by atomic mass is 10.3. The van der Waals surface area contributed by atoms with E-state index in [0.29, 0.717) is 5.95 Å². The van der Waals surface area contributed by atoms with Crippen molar-refractivity contribution in [1.82, 2.24) is 19.3 Å². The predicted octanol–water partition coefficient (Wildman–Crippen LogP) is 2.63. The van der Waals surface area contributed by atoms with E-state index in [2.05, 4.69) is 35.4 Å². The maximum Gasteiger partial charge on any atom is 0.207 e. The van der Waals surface area contributed by atoms with Crippen molar-refractivity contribution in [3.8, 4) is 5.69 Å². The molecule has 104 valence electrons. The zero-order valence-corrected chi connectivity index (χ0v) is 12.6. The van der Waals surface area contributed by atoms with Crippen molar-refractivity contribution in [3.63, 3.8) is 0 Å². The van der Waals surface area contributed by atoms with Crippen LogP contribution in [0.25, 0.3) is 16.9 Å². The highest BCUT2D eigenvalue weighted by molar-refractivity contribution is 7.98. The molecule has 0 atom stereocenters. The van der Waals surface area contributed by atoms with Crippen LogP contribution in [-0.4, -0.2) is 25.6 Å². The lowest BCUT2D eigenvalue weighted by molar-refractivity contribution is 0.751. The second-order valence-corrected chi connectivity index (χ2v) is 5.48. The van der Waals surface area contributed by atoms with Crippen LogP contribution in [0.1, 0.15) is 12.6 Å². The van der Waals surface area contributed by atoms with E-state index < -0.39 is 0 Å². The highest BCUT2D eigenvalue weighted by atomic mass is 32.2. The van der Waals surface area contributed by atoms with Gasteiger partial charge in [-0.25, -0.2) is 9.67 Å². The molecule has 0 amide bonds. The number of nitrogens with two attached hydrogens (primary N) is 1. The largest absolute Gasteiger partial charge is 0.369 e. The third-order valence-corrected chi connectivity index (χ3v) is 4.10. The summed E-state index contributed by atoms with van der Waals surface area (Å²) in [6.07, 6.45) is 2.91. The first-order valence-electron chi connectivity index (χ1n) is 6.50. The second-order valence-electron chi connectivity index (χ2n) is 4.60. The van der Waals surface area contributed by atoms with Crippen LogP contribution in [0, 0.1) is 0 Å². The Bertz CT molecular complexity index is 771. The summed E-state index contributed by atoms with van der Waals surface area (Å²) >= 11 is 1.71. The summed E-state index contributed by atoms with van der Waals surface area (Å²) in [5.74, 6) is 0.501. The number of nitrogens with zero attached hydrogens (tertiary/aromatic N) is 4. The van der Waals surface area contributed by atoms with Crippen molar-refractivity contribution >= 4 is 28.9 Å². The number of nitrogen functional groups attached to an aromatic ring is 1. The lowest BCUT2D eigenvalue weighted by Crippen LogP contribution is -2.05. The van der Waals surface area contributed by atoms with Crippen LogP contribution in [0.3, 0.4) is 0 Å². The van der Waals surface area contributed by atoms with Crippen LogP contribution in [0.2, 0.25) is 0 Å². The van der Waals surface area contributed by atoms with Crippen LogP contribution in [0.5, 0.6) is 0 Å². The zero-order chi connectivity index (χ0) is 14.3. The van der Waals surface area contributed by atoms with E-state index in [0.717, 1.165) is 29.0 Å². The van der Waals surface area contributed by atoms with E-state index in [-0.39, 0.29) is 0 Å². The topological polar surface area (TPSA) is 61.7 Å². The molecule has 0 bridgehead atoms. The van der Waals surface area contributed by atoms with E-state index in [1.54, 1.807) is 11.8 Å². The maximum absolute atomic E-state index is 6.12. The van der Waals surface area contributed by atoms with Crippen LogP contribution in [0.4, 0.5) is 5.95 Å². The minimum atomic E-state index is 0.501. The quantitative estimate of drug-likeness (QED) is 0.752. The predicted molar refractivity (Wildman–Crippen MR) is 83.4 cm³/mol. The molecule has 3 rings (SSSR count). The fraction of sp³-hybridized carbons (Fsp3) is 0.286. The van der Waals surface area contributed by atoms with E-state index in [9.17, 15) is 0 Å². The summed E-state index contributed by atoms with van der Waals surface area (Å²) in [7, 11) is 1.93. The van der Waals surface area contributed by atoms with Gasteiger partial charge < -0.3 is 5.73 Å². The van der Waals surface area contributed by atoms with Crippen LogP contribution < -0.4 is 5.73 Å². The molecule has 1 aromatic carbocycles. The molecule has 2 heterocycles. The molecule has 0 aliphatic carbocycles. The Labute approximate surface area is 121 Å². The van der Waals surface area contributed by atoms with E-state index in [1.165, 1.54) is 4.90 Å². The smallest absolute Gasteiger partial charge is 0.207 e. The molecule has 2 N–H and O–H groups in total. The molecule has 2 aromatic heterocycles. The standard InChI is InChI=1S/C14H17N5S/c1-4-11-12-13(18(2)17-11)19(14(15)16-12)9-6-5-7-10(8-9)20-3/h5-8H,4H2,1-3H3,(H2,15,16). The Morgan fingerprint density at radius 3 is 2.85 bits per heavy atom. The van der Waals surface area contributed by atoms with Gasteiger partial charge in [0.2, 0.25) is 5.95 Å². The Morgan fingerprint density at radius 1 is 1.35 bits per heavy atom. The summed E-state index contributed by atoms with van der Waals surface area (Å²) < 4.78 is 3.81. The van der Waals surface area contributed by atoms with Gasteiger partial charge in [0.05, 0.1) is 11.4 Å². The van der Waals surface area contributed by atoms with Crippen molar-refractivity contribution in [3.05, 3.63) is 30.0 Å². The summed E-state index contributed by atoms with van der Waals surface area (Å²) in [4.78, 5) is 5.68. The number of aryl methyl sites for hydroxylation is 2. The molecule has 6 heteroatoms. The molecule has 20 heavy (non-hydrogen) atoms. The highest BCUT2D eigenvalue weighted by Crippen LogP contribution is 2.27. The number of benzene rings is 1. The van der Waals surface area contributed by atoms with Gasteiger partial charge in [-0.3, -0.25) is 4.57 Å². The second kappa shape index (κ2) is 4.86. The fourth-order valence-corrected chi connectivity index (χ4v) is 2.89. The van der Waals surface area contributed by atoms with Gasteiger partial charge in [-0.1, -0.05) is 13.0 Å². The van der Waals surface area contributed by atoms with Crippen LogP contribution >= 0.6 is 11.8 Å². The Kier molecular flexibility index (Phi) is 3.17. The van der Waals surface area contributed by atoms with Crippen LogP contribution in [-0.2, 0) is 13.5 Å². The Balaban J connectivity index is 2.29. The van der Waals surface area contributed by atoms with Gasteiger partial charge in [0, 0.05) is 11.9 Å². The summed E-state index contributed by atoms with van der Waals surface area (Å²) in [5.41, 5.74) is 9.95. The molecule has 0 fully saturated rings. The van der Waals surface area contributed by atoms with Gasteiger partial charge in [-0.2, -0.15) is 5.10 Å². The summed E-state index contributed by atoms with van der Waals surface area (Å²) in [5, 5.41) is 4.51. The molecular formula is C14H17N5S. The van der Waals surface area contributed by atoms with Gasteiger partial charge in [0.1, 0.15) is 5.52 Å². The zero-order valence-electron chi connectivity index (χ0n) is 11.8. The van der Waals surface area contributed by atoms with E-state index in [4.69, 9.17) is 5.73 Å². The fourth-order valence-electron chi connectivity index (χ4n) is 2.44. The first kappa shape index (κ1) is 13.1. The highest BCUT2D eigenvalue weighted by Gasteiger charge is 2.18. The van der Waals surface area contributed by atoms with Gasteiger partial charge in [-0.05, 0) is 30.9 Å². The van der Waals surface area contributed by atoms with Gasteiger partial charge in [0.25, 0.3) is 0 Å². The van der Waals surface area contributed by atoms with Crippen molar-refractivity contribution < 1.29 is 0 Å². The molecular weight excluding hydrogens is 270 g/mol. The first-order valence-corrected chi connectivity index (χ1v) is 7.72. The summed E-state index contributed by atoms with van der Waals surface area (Å²) in [6, 6.07) is 8.26. The van der Waals surface area contributed by atoms with Crippen molar-refractivity contribution in [2.75, 3.05) is 12.0 Å². The third kappa shape index (κ3) is 1.87. The molecule has 0 saturated carbocycles. The van der Waals surface area contributed by atoms with Crippen molar-refractivity contribution in [2.24, 2.45) is 7.05 Å². The maximum atomic E-state index is 6.12.